The summed E-state index contributed by atoms with van der Waals surface area (Å²) in [6, 6.07) is 26.1. The first-order chi connectivity index (χ1) is 16.2. The van der Waals surface area contributed by atoms with Crippen molar-refractivity contribution in [3.05, 3.63) is 106 Å². The summed E-state index contributed by atoms with van der Waals surface area (Å²) in [5.41, 5.74) is 5.59. The molecule has 0 unspecified atom stereocenters. The second-order valence-electron chi connectivity index (χ2n) is 7.71. The molecule has 1 aromatic heterocycles. The average Bonchev–Trinajstić information content (AvgIpc) is 3.41. The van der Waals surface area contributed by atoms with Gasteiger partial charge >= 0.3 is 0 Å². The van der Waals surface area contributed by atoms with Crippen LogP contribution >= 0.6 is 11.3 Å². The summed E-state index contributed by atoms with van der Waals surface area (Å²) in [6.07, 6.45) is 1.04. The summed E-state index contributed by atoms with van der Waals surface area (Å²) < 4.78 is 11.4. The Kier molecular flexibility index (Phi) is 7.77. The quantitative estimate of drug-likeness (QED) is 0.306. The monoisotopic (exact) mass is 457 g/mol. The van der Waals surface area contributed by atoms with Crippen LogP contribution in [0.4, 0.5) is 0 Å². The number of ether oxygens (including phenoxy) is 2. The van der Waals surface area contributed by atoms with E-state index in [-0.39, 0.29) is 5.91 Å². The summed E-state index contributed by atoms with van der Waals surface area (Å²) >= 11 is 1.67. The third kappa shape index (κ3) is 6.24. The van der Waals surface area contributed by atoms with Crippen LogP contribution in [-0.4, -0.2) is 13.0 Å². The summed E-state index contributed by atoms with van der Waals surface area (Å²) in [7, 11) is 1.63. The zero-order valence-electron chi connectivity index (χ0n) is 18.6. The first-order valence-corrected chi connectivity index (χ1v) is 11.9. The van der Waals surface area contributed by atoms with Gasteiger partial charge in [-0.2, -0.15) is 11.3 Å². The van der Waals surface area contributed by atoms with Crippen LogP contribution in [0.2, 0.25) is 0 Å². The van der Waals surface area contributed by atoms with Crippen molar-refractivity contribution in [1.29, 1.82) is 0 Å². The molecular formula is C28H27NO3S. The van der Waals surface area contributed by atoms with Crippen LogP contribution in [0.3, 0.4) is 0 Å². The van der Waals surface area contributed by atoms with Crippen molar-refractivity contribution in [2.45, 2.75) is 26.0 Å². The van der Waals surface area contributed by atoms with Crippen LogP contribution in [0.1, 0.15) is 23.1 Å². The smallest absolute Gasteiger partial charge is 0.220 e. The predicted octanol–water partition coefficient (Wildman–Crippen LogP) is 6.25. The standard InChI is InChI=1S/C28H27NO3S/c1-31-26-13-11-21(17-27(26)32-19-22-7-3-2-4-8-22)12-14-28(30)29-18-23-9-5-6-10-25(23)24-15-16-33-20-24/h2-11,13,15-17,20H,12,14,18-19H2,1H3,(H,29,30). The number of carbonyl (C=O) groups is 1. The molecule has 4 nitrogen and oxygen atoms in total. The van der Waals surface area contributed by atoms with Crippen molar-refractivity contribution in [3.63, 3.8) is 0 Å². The lowest BCUT2D eigenvalue weighted by molar-refractivity contribution is -0.121. The van der Waals surface area contributed by atoms with Gasteiger partial charge in [0.1, 0.15) is 6.61 Å². The lowest BCUT2D eigenvalue weighted by Gasteiger charge is -2.13. The number of amides is 1. The summed E-state index contributed by atoms with van der Waals surface area (Å²) in [5.74, 6) is 1.39. The van der Waals surface area contributed by atoms with Gasteiger partial charge in [0.25, 0.3) is 0 Å². The van der Waals surface area contributed by atoms with E-state index in [1.807, 2.05) is 60.7 Å². The van der Waals surface area contributed by atoms with E-state index in [1.54, 1.807) is 18.4 Å². The molecule has 0 radical (unpaired) electrons. The van der Waals surface area contributed by atoms with Gasteiger partial charge in [-0.25, -0.2) is 0 Å². The number of carbonyl (C=O) groups excluding carboxylic acids is 1. The average molecular weight is 458 g/mol. The molecule has 0 spiro atoms. The Morgan fingerprint density at radius 2 is 1.73 bits per heavy atom. The molecule has 1 amide bonds. The van der Waals surface area contributed by atoms with Gasteiger partial charge in [-0.15, -0.1) is 0 Å². The van der Waals surface area contributed by atoms with Gasteiger partial charge < -0.3 is 14.8 Å². The first kappa shape index (κ1) is 22.6. The fourth-order valence-electron chi connectivity index (χ4n) is 3.64. The largest absolute Gasteiger partial charge is 0.493 e. The Bertz CT molecular complexity index is 1170. The van der Waals surface area contributed by atoms with Crippen molar-refractivity contribution in [1.82, 2.24) is 5.32 Å². The van der Waals surface area contributed by atoms with Gasteiger partial charge in [0.05, 0.1) is 7.11 Å². The fourth-order valence-corrected chi connectivity index (χ4v) is 4.29. The maximum absolute atomic E-state index is 12.5. The molecule has 168 valence electrons. The molecule has 0 bridgehead atoms. The molecule has 0 saturated carbocycles. The highest BCUT2D eigenvalue weighted by Gasteiger charge is 2.10. The number of thiophene rings is 1. The van der Waals surface area contributed by atoms with Crippen LogP contribution in [0, 0.1) is 0 Å². The number of hydrogen-bond acceptors (Lipinski definition) is 4. The van der Waals surface area contributed by atoms with Crippen molar-refractivity contribution < 1.29 is 14.3 Å². The molecule has 33 heavy (non-hydrogen) atoms. The van der Waals surface area contributed by atoms with Crippen LogP contribution in [0.5, 0.6) is 11.5 Å². The second kappa shape index (κ2) is 11.3. The number of hydrogen-bond donors (Lipinski definition) is 1. The van der Waals surface area contributed by atoms with E-state index < -0.39 is 0 Å². The van der Waals surface area contributed by atoms with Crippen molar-refractivity contribution in [2.75, 3.05) is 7.11 Å². The third-order valence-electron chi connectivity index (χ3n) is 5.43. The Labute approximate surface area is 198 Å². The molecule has 0 aliphatic rings. The first-order valence-electron chi connectivity index (χ1n) is 10.9. The number of benzene rings is 3. The topological polar surface area (TPSA) is 47.6 Å². The SMILES string of the molecule is COc1ccc(CCC(=O)NCc2ccccc2-c2ccsc2)cc1OCc1ccccc1. The van der Waals surface area contributed by atoms with E-state index in [9.17, 15) is 4.79 Å². The van der Waals surface area contributed by atoms with Crippen LogP contribution in [0.25, 0.3) is 11.1 Å². The van der Waals surface area contributed by atoms with Gasteiger partial charge in [-0.1, -0.05) is 60.7 Å². The van der Waals surface area contributed by atoms with E-state index in [4.69, 9.17) is 9.47 Å². The molecule has 1 heterocycles. The number of rotatable bonds is 10. The maximum Gasteiger partial charge on any atom is 0.220 e. The molecule has 0 aliphatic carbocycles. The molecule has 0 fully saturated rings. The van der Waals surface area contributed by atoms with E-state index >= 15 is 0 Å². The molecule has 4 aromatic rings. The highest BCUT2D eigenvalue weighted by Crippen LogP contribution is 2.29. The number of methoxy groups -OCH3 is 1. The van der Waals surface area contributed by atoms with E-state index in [0.29, 0.717) is 37.5 Å². The lowest BCUT2D eigenvalue weighted by Crippen LogP contribution is -2.23. The minimum Gasteiger partial charge on any atom is -0.493 e. The lowest BCUT2D eigenvalue weighted by atomic mass is 10.0. The number of nitrogens with one attached hydrogen (secondary N) is 1. The molecule has 0 atom stereocenters. The van der Waals surface area contributed by atoms with E-state index in [2.05, 4.69) is 34.3 Å². The zero-order valence-corrected chi connectivity index (χ0v) is 19.4. The van der Waals surface area contributed by atoms with Crippen molar-refractivity contribution in [2.24, 2.45) is 0 Å². The van der Waals surface area contributed by atoms with Gasteiger partial charge in [-0.05, 0) is 63.2 Å². The molecule has 1 N–H and O–H groups in total. The molecule has 3 aromatic carbocycles. The van der Waals surface area contributed by atoms with Gasteiger partial charge in [0, 0.05) is 13.0 Å². The molecule has 0 saturated heterocycles. The second-order valence-corrected chi connectivity index (χ2v) is 8.49. The van der Waals surface area contributed by atoms with Crippen LogP contribution in [-0.2, 0) is 24.4 Å². The zero-order chi connectivity index (χ0) is 22.9. The van der Waals surface area contributed by atoms with Gasteiger partial charge in [0.15, 0.2) is 11.5 Å². The molecular weight excluding hydrogens is 430 g/mol. The minimum absolute atomic E-state index is 0.0256. The maximum atomic E-state index is 12.5. The normalized spacial score (nSPS) is 10.6. The molecule has 4 rings (SSSR count). The van der Waals surface area contributed by atoms with Crippen molar-refractivity contribution in [3.8, 4) is 22.6 Å². The predicted molar refractivity (Wildman–Crippen MR) is 134 cm³/mol. The highest BCUT2D eigenvalue weighted by molar-refractivity contribution is 7.08. The Balaban J connectivity index is 1.33. The highest BCUT2D eigenvalue weighted by atomic mass is 32.1. The number of aryl methyl sites for hydroxylation is 1. The van der Waals surface area contributed by atoms with Crippen molar-refractivity contribution >= 4 is 17.2 Å². The van der Waals surface area contributed by atoms with Gasteiger partial charge in [-0.3, -0.25) is 4.79 Å². The van der Waals surface area contributed by atoms with Crippen LogP contribution in [0.15, 0.2) is 89.6 Å². The summed E-state index contributed by atoms with van der Waals surface area (Å²) in [6.45, 7) is 0.976. The minimum atomic E-state index is 0.0256. The van der Waals surface area contributed by atoms with E-state index in [0.717, 1.165) is 22.3 Å². The summed E-state index contributed by atoms with van der Waals surface area (Å²) in [4.78, 5) is 12.5. The Morgan fingerprint density at radius 3 is 2.52 bits per heavy atom. The Hall–Kier alpha value is -3.57. The van der Waals surface area contributed by atoms with Gasteiger partial charge in [0.2, 0.25) is 5.91 Å². The third-order valence-corrected chi connectivity index (χ3v) is 6.11. The summed E-state index contributed by atoms with van der Waals surface area (Å²) in [5, 5.41) is 7.26. The molecule has 5 heteroatoms. The van der Waals surface area contributed by atoms with E-state index in [1.165, 1.54) is 5.56 Å². The Morgan fingerprint density at radius 1 is 0.909 bits per heavy atom. The fraction of sp³-hybridized carbons (Fsp3) is 0.179. The molecule has 0 aliphatic heterocycles. The van der Waals surface area contributed by atoms with Crippen LogP contribution < -0.4 is 14.8 Å².